The van der Waals surface area contributed by atoms with Crippen LogP contribution in [0.4, 0.5) is 0 Å². The van der Waals surface area contributed by atoms with Crippen LogP contribution in [-0.4, -0.2) is 16.1 Å². The van der Waals surface area contributed by atoms with Gasteiger partial charge in [-0.1, -0.05) is 51.1 Å². The number of hydrogen-bond donors (Lipinski definition) is 0. The van der Waals surface area contributed by atoms with Gasteiger partial charge in [0.15, 0.2) is 0 Å². The van der Waals surface area contributed by atoms with E-state index in [1.807, 2.05) is 0 Å². The van der Waals surface area contributed by atoms with Gasteiger partial charge in [0, 0.05) is 0 Å². The monoisotopic (exact) mass is 432 g/mol. The largest absolute Gasteiger partial charge is 0.129 e. The van der Waals surface area contributed by atoms with Gasteiger partial charge in [0.25, 0.3) is 0 Å². The van der Waals surface area contributed by atoms with E-state index in [4.69, 9.17) is 0 Å². The van der Waals surface area contributed by atoms with Crippen LogP contribution in [0.1, 0.15) is 9.75 Å². The first-order valence-electron chi connectivity index (χ1n) is 6.04. The third-order valence-corrected chi connectivity index (χ3v) is 7.31. The Morgan fingerprint density at radius 3 is 1.32 bits per heavy atom. The van der Waals surface area contributed by atoms with Crippen LogP contribution in [-0.2, 0) is 0 Å². The Hall–Kier alpha value is 0.214. The summed E-state index contributed by atoms with van der Waals surface area (Å²) in [5.74, 6) is 6.62. The van der Waals surface area contributed by atoms with E-state index < -0.39 is 16.1 Å². The summed E-state index contributed by atoms with van der Waals surface area (Å²) in [6, 6.07) is 0. The summed E-state index contributed by atoms with van der Waals surface area (Å²) >= 11 is 8.89. The molecule has 0 aromatic carbocycles. The van der Waals surface area contributed by atoms with Gasteiger partial charge in [-0.05, 0) is 31.9 Å². The summed E-state index contributed by atoms with van der Waals surface area (Å²) in [6.07, 6.45) is 0. The lowest BCUT2D eigenvalue weighted by atomic mass is 10.4. The van der Waals surface area contributed by atoms with Crippen LogP contribution in [0.2, 0.25) is 39.3 Å². The maximum atomic E-state index is 3.61. The summed E-state index contributed by atoms with van der Waals surface area (Å²) < 4.78 is 2.09. The molecule has 0 spiro atoms. The molecule has 0 bridgehead atoms. The van der Waals surface area contributed by atoms with Crippen molar-refractivity contribution in [3.05, 3.63) is 18.7 Å². The molecular formula is C14H18Br2SSi2. The van der Waals surface area contributed by atoms with Crippen LogP contribution < -0.4 is 0 Å². The summed E-state index contributed by atoms with van der Waals surface area (Å²) in [5, 5.41) is 0. The van der Waals surface area contributed by atoms with Crippen molar-refractivity contribution >= 4 is 59.3 Å². The Labute approximate surface area is 139 Å². The van der Waals surface area contributed by atoms with Crippen LogP contribution >= 0.6 is 43.2 Å². The molecule has 1 aromatic heterocycles. The molecule has 0 aliphatic rings. The van der Waals surface area contributed by atoms with Gasteiger partial charge in [0.05, 0.1) is 18.7 Å². The molecule has 0 amide bonds. The van der Waals surface area contributed by atoms with E-state index in [-0.39, 0.29) is 0 Å². The molecule has 1 heterocycles. The van der Waals surface area contributed by atoms with Gasteiger partial charge in [0.2, 0.25) is 0 Å². The number of hydrogen-bond acceptors (Lipinski definition) is 1. The van der Waals surface area contributed by atoms with E-state index in [1.54, 1.807) is 11.3 Å². The minimum Gasteiger partial charge on any atom is -0.126 e. The second-order valence-corrected chi connectivity index (χ2v) is 18.5. The standard InChI is InChI=1S/C14H18Br2SSi2/c1-18(2,3)9-7-11-13(15)14(16)12(17-11)8-10-19(4,5)6/h1-6H3. The molecule has 102 valence electrons. The Morgan fingerprint density at radius 1 is 0.737 bits per heavy atom. The molecule has 0 saturated heterocycles. The molecule has 1 aromatic rings. The quantitative estimate of drug-likeness (QED) is 0.361. The fourth-order valence-corrected chi connectivity index (χ4v) is 4.36. The zero-order chi connectivity index (χ0) is 14.8. The zero-order valence-corrected chi connectivity index (χ0v) is 18.2. The highest BCUT2D eigenvalue weighted by Crippen LogP contribution is 2.36. The first-order valence-corrected chi connectivity index (χ1v) is 15.4. The molecule has 0 radical (unpaired) electrons. The molecule has 5 heteroatoms. The second kappa shape index (κ2) is 6.32. The number of halogens is 2. The van der Waals surface area contributed by atoms with Crippen LogP contribution in [0, 0.1) is 22.9 Å². The van der Waals surface area contributed by atoms with E-state index in [2.05, 4.69) is 94.1 Å². The van der Waals surface area contributed by atoms with Crippen LogP contribution in [0.25, 0.3) is 0 Å². The fraction of sp³-hybridized carbons (Fsp3) is 0.429. The van der Waals surface area contributed by atoms with Crippen molar-refractivity contribution in [3.8, 4) is 22.9 Å². The second-order valence-electron chi connectivity index (χ2n) is 6.39. The lowest BCUT2D eigenvalue weighted by molar-refractivity contribution is 1.71. The molecule has 19 heavy (non-hydrogen) atoms. The fourth-order valence-electron chi connectivity index (χ4n) is 1.04. The summed E-state index contributed by atoms with van der Waals surface area (Å²) in [5.41, 5.74) is 6.80. The van der Waals surface area contributed by atoms with E-state index in [0.717, 1.165) is 18.7 Å². The predicted octanol–water partition coefficient (Wildman–Crippen LogP) is 5.73. The highest BCUT2D eigenvalue weighted by molar-refractivity contribution is 9.13. The van der Waals surface area contributed by atoms with Crippen molar-refractivity contribution in [1.29, 1.82) is 0 Å². The normalized spacial score (nSPS) is 11.4. The van der Waals surface area contributed by atoms with Crippen molar-refractivity contribution < 1.29 is 0 Å². The topological polar surface area (TPSA) is 0 Å². The smallest absolute Gasteiger partial charge is 0.126 e. The minimum atomic E-state index is -1.34. The Balaban J connectivity index is 3.18. The van der Waals surface area contributed by atoms with Crippen LogP contribution in [0.3, 0.4) is 0 Å². The highest BCUT2D eigenvalue weighted by atomic mass is 79.9. The number of thiophene rings is 1. The zero-order valence-electron chi connectivity index (χ0n) is 12.2. The van der Waals surface area contributed by atoms with Gasteiger partial charge in [-0.25, -0.2) is 0 Å². The third-order valence-electron chi connectivity index (χ3n) is 1.90. The highest BCUT2D eigenvalue weighted by Gasteiger charge is 2.14. The van der Waals surface area contributed by atoms with Crippen molar-refractivity contribution in [3.63, 3.8) is 0 Å². The SMILES string of the molecule is C[Si](C)(C)C#Cc1sc(C#C[Si](C)(C)C)c(Br)c1Br. The molecule has 0 aliphatic heterocycles. The van der Waals surface area contributed by atoms with Crippen LogP contribution in [0.15, 0.2) is 8.95 Å². The predicted molar refractivity (Wildman–Crippen MR) is 100 cm³/mol. The van der Waals surface area contributed by atoms with E-state index >= 15 is 0 Å². The van der Waals surface area contributed by atoms with Gasteiger partial charge in [-0.15, -0.1) is 22.4 Å². The van der Waals surface area contributed by atoms with Crippen molar-refractivity contribution in [2.24, 2.45) is 0 Å². The molecule has 0 nitrogen and oxygen atoms in total. The van der Waals surface area contributed by atoms with Gasteiger partial charge in [-0.3, -0.25) is 0 Å². The summed E-state index contributed by atoms with van der Waals surface area (Å²) in [4.78, 5) is 2.16. The van der Waals surface area contributed by atoms with E-state index in [1.165, 1.54) is 0 Å². The molecule has 1 rings (SSSR count). The molecule has 0 atom stereocenters. The van der Waals surface area contributed by atoms with Crippen LogP contribution in [0.5, 0.6) is 0 Å². The van der Waals surface area contributed by atoms with Gasteiger partial charge in [0.1, 0.15) is 16.1 Å². The molecule has 0 aliphatic carbocycles. The van der Waals surface area contributed by atoms with E-state index in [0.29, 0.717) is 0 Å². The Bertz CT molecular complexity index is 544. The van der Waals surface area contributed by atoms with Crippen molar-refractivity contribution in [2.45, 2.75) is 39.3 Å². The maximum Gasteiger partial charge on any atom is 0.129 e. The first kappa shape index (κ1) is 17.3. The summed E-state index contributed by atoms with van der Waals surface area (Å²) in [6.45, 7) is 13.5. The molecule has 0 N–H and O–H groups in total. The molecule has 0 fully saturated rings. The number of rotatable bonds is 0. The molecule has 0 saturated carbocycles. The van der Waals surface area contributed by atoms with Gasteiger partial charge in [-0.2, -0.15) is 0 Å². The molecule has 0 unspecified atom stereocenters. The Kier molecular flexibility index (Phi) is 5.75. The Morgan fingerprint density at radius 2 is 1.05 bits per heavy atom. The third kappa shape index (κ3) is 6.02. The average molecular weight is 434 g/mol. The van der Waals surface area contributed by atoms with Gasteiger partial charge >= 0.3 is 0 Å². The minimum absolute atomic E-state index is 1.04. The average Bonchev–Trinajstić information content (AvgIpc) is 2.49. The maximum absolute atomic E-state index is 3.61. The van der Waals surface area contributed by atoms with Gasteiger partial charge < -0.3 is 0 Å². The van der Waals surface area contributed by atoms with Crippen molar-refractivity contribution in [2.75, 3.05) is 0 Å². The summed E-state index contributed by atoms with van der Waals surface area (Å²) in [7, 11) is -2.68. The molecular weight excluding hydrogens is 416 g/mol. The first-order chi connectivity index (χ1) is 8.49. The van der Waals surface area contributed by atoms with Crippen molar-refractivity contribution in [1.82, 2.24) is 0 Å². The lowest BCUT2D eigenvalue weighted by Gasteiger charge is -2.02. The lowest BCUT2D eigenvalue weighted by Crippen LogP contribution is -2.16. The van der Waals surface area contributed by atoms with E-state index in [9.17, 15) is 0 Å².